The third kappa shape index (κ3) is 4.31. The van der Waals surface area contributed by atoms with Gasteiger partial charge in [-0.3, -0.25) is 0 Å². The summed E-state index contributed by atoms with van der Waals surface area (Å²) in [5.41, 5.74) is 6.54. The van der Waals surface area contributed by atoms with Crippen LogP contribution in [0, 0.1) is 0 Å². The molecule has 0 aliphatic rings. The minimum Gasteiger partial charge on any atom is -0.479 e. The highest BCUT2D eigenvalue weighted by atomic mass is 79.9. The Bertz CT molecular complexity index is 409. The lowest BCUT2D eigenvalue weighted by atomic mass is 10.1. The third-order valence-electron chi connectivity index (χ3n) is 2.54. The van der Waals surface area contributed by atoms with Crippen molar-refractivity contribution in [2.24, 2.45) is 5.73 Å². The van der Waals surface area contributed by atoms with Crippen molar-refractivity contribution < 1.29 is 14.6 Å². The van der Waals surface area contributed by atoms with Gasteiger partial charge in [0.15, 0.2) is 6.10 Å². The smallest absolute Gasteiger partial charge is 0.344 e. The highest BCUT2D eigenvalue weighted by Crippen LogP contribution is 2.24. The molecule has 1 unspecified atom stereocenters. The maximum Gasteiger partial charge on any atom is 0.344 e. The molecule has 1 aromatic rings. The number of carboxylic acids is 1. The summed E-state index contributed by atoms with van der Waals surface area (Å²) in [5, 5.41) is 9.04. The van der Waals surface area contributed by atoms with Crippen molar-refractivity contribution in [3.63, 3.8) is 0 Å². The molecule has 3 N–H and O–H groups in total. The Morgan fingerprint density at radius 2 is 2.28 bits per heavy atom. The summed E-state index contributed by atoms with van der Waals surface area (Å²) in [6.45, 7) is 2.47. The van der Waals surface area contributed by atoms with Crippen molar-refractivity contribution in [1.29, 1.82) is 0 Å². The molecule has 1 rings (SSSR count). The lowest BCUT2D eigenvalue weighted by molar-refractivity contribution is -0.145. The first-order valence-corrected chi connectivity index (χ1v) is 6.75. The van der Waals surface area contributed by atoms with Gasteiger partial charge in [0.05, 0.1) is 0 Å². The summed E-state index contributed by atoms with van der Waals surface area (Å²) >= 11 is 3.43. The van der Waals surface area contributed by atoms with Gasteiger partial charge in [0.1, 0.15) is 5.75 Å². The van der Waals surface area contributed by atoms with Crippen LogP contribution < -0.4 is 10.5 Å². The summed E-state index contributed by atoms with van der Waals surface area (Å²) in [6, 6.07) is 5.45. The molecule has 4 nitrogen and oxygen atoms in total. The van der Waals surface area contributed by atoms with Gasteiger partial charge in [-0.25, -0.2) is 4.79 Å². The van der Waals surface area contributed by atoms with Gasteiger partial charge in [0, 0.05) is 4.47 Å². The molecule has 0 saturated carbocycles. The standard InChI is InChI=1S/C13H18BrNO3/c1-2-3-12(13(16)17)18-10-4-5-11(14)9(8-10)6-7-15/h4-5,8,12H,2-3,6-7,15H2,1H3,(H,16,17). The quantitative estimate of drug-likeness (QED) is 0.811. The molecule has 0 fully saturated rings. The van der Waals surface area contributed by atoms with Crippen molar-refractivity contribution in [3.8, 4) is 5.75 Å². The molecule has 1 aromatic carbocycles. The number of nitrogens with two attached hydrogens (primary N) is 1. The number of halogens is 1. The molecule has 18 heavy (non-hydrogen) atoms. The van der Waals surface area contributed by atoms with E-state index in [0.717, 1.165) is 22.9 Å². The molecule has 0 bridgehead atoms. The Kier molecular flexibility index (Phi) is 6.15. The van der Waals surface area contributed by atoms with E-state index in [1.54, 1.807) is 6.07 Å². The van der Waals surface area contributed by atoms with Crippen molar-refractivity contribution in [3.05, 3.63) is 28.2 Å². The molecule has 0 radical (unpaired) electrons. The van der Waals surface area contributed by atoms with Gasteiger partial charge in [0.2, 0.25) is 0 Å². The maximum atomic E-state index is 11.0. The second-order valence-corrected chi connectivity index (χ2v) is 4.88. The van der Waals surface area contributed by atoms with Crippen LogP contribution in [0.5, 0.6) is 5.75 Å². The number of carboxylic acid groups (broad SMARTS) is 1. The van der Waals surface area contributed by atoms with Gasteiger partial charge in [-0.15, -0.1) is 0 Å². The minimum atomic E-state index is -0.930. The van der Waals surface area contributed by atoms with Crippen LogP contribution in [0.2, 0.25) is 0 Å². The highest BCUT2D eigenvalue weighted by molar-refractivity contribution is 9.10. The molecule has 1 atom stereocenters. The fraction of sp³-hybridized carbons (Fsp3) is 0.462. The van der Waals surface area contributed by atoms with E-state index in [9.17, 15) is 4.79 Å². The minimum absolute atomic E-state index is 0.498. The lowest BCUT2D eigenvalue weighted by Crippen LogP contribution is -2.26. The number of benzene rings is 1. The van der Waals surface area contributed by atoms with Gasteiger partial charge < -0.3 is 15.6 Å². The Hall–Kier alpha value is -1.07. The molecular weight excluding hydrogens is 298 g/mol. The average Bonchev–Trinajstić information content (AvgIpc) is 2.33. The lowest BCUT2D eigenvalue weighted by Gasteiger charge is -2.15. The van der Waals surface area contributed by atoms with Crippen LogP contribution in [0.25, 0.3) is 0 Å². The largest absolute Gasteiger partial charge is 0.479 e. The van der Waals surface area contributed by atoms with Crippen molar-refractivity contribution in [2.75, 3.05) is 6.54 Å². The first-order valence-electron chi connectivity index (χ1n) is 5.96. The van der Waals surface area contributed by atoms with Crippen molar-refractivity contribution >= 4 is 21.9 Å². The Labute approximate surface area is 115 Å². The Morgan fingerprint density at radius 1 is 1.56 bits per heavy atom. The number of ether oxygens (including phenoxy) is 1. The van der Waals surface area contributed by atoms with E-state index in [1.807, 2.05) is 19.1 Å². The predicted octanol–water partition coefficient (Wildman–Crippen LogP) is 2.58. The van der Waals surface area contributed by atoms with Crippen LogP contribution in [0.15, 0.2) is 22.7 Å². The SMILES string of the molecule is CCCC(Oc1ccc(Br)c(CCN)c1)C(=O)O. The fourth-order valence-corrected chi connectivity index (χ4v) is 2.08. The van der Waals surface area contributed by atoms with E-state index in [4.69, 9.17) is 15.6 Å². The molecule has 0 aliphatic heterocycles. The molecule has 0 heterocycles. The Balaban J connectivity index is 2.82. The summed E-state index contributed by atoms with van der Waals surface area (Å²) in [5.74, 6) is -0.359. The number of hydrogen-bond acceptors (Lipinski definition) is 3. The predicted molar refractivity (Wildman–Crippen MR) is 73.9 cm³/mol. The van der Waals surface area contributed by atoms with Gasteiger partial charge in [-0.05, 0) is 43.1 Å². The summed E-state index contributed by atoms with van der Waals surface area (Å²) in [4.78, 5) is 11.0. The van der Waals surface area contributed by atoms with E-state index >= 15 is 0 Å². The topological polar surface area (TPSA) is 72.5 Å². The normalized spacial score (nSPS) is 12.2. The molecule has 0 amide bonds. The second-order valence-electron chi connectivity index (χ2n) is 4.03. The van der Waals surface area contributed by atoms with Crippen LogP contribution in [0.1, 0.15) is 25.3 Å². The number of hydrogen-bond donors (Lipinski definition) is 2. The zero-order valence-corrected chi connectivity index (χ0v) is 11.9. The molecule has 0 spiro atoms. The van der Waals surface area contributed by atoms with E-state index < -0.39 is 12.1 Å². The monoisotopic (exact) mass is 315 g/mol. The van der Waals surface area contributed by atoms with Gasteiger partial charge in [0.25, 0.3) is 0 Å². The molecular formula is C13H18BrNO3. The zero-order chi connectivity index (χ0) is 13.5. The van der Waals surface area contributed by atoms with Crippen molar-refractivity contribution in [1.82, 2.24) is 0 Å². The first kappa shape index (κ1) is 15.0. The van der Waals surface area contributed by atoms with E-state index in [-0.39, 0.29) is 0 Å². The van der Waals surface area contributed by atoms with E-state index in [2.05, 4.69) is 15.9 Å². The summed E-state index contributed by atoms with van der Waals surface area (Å²) in [6.07, 6.45) is 1.20. The fourth-order valence-electron chi connectivity index (χ4n) is 1.63. The van der Waals surface area contributed by atoms with Gasteiger partial charge in [-0.2, -0.15) is 0 Å². The number of carbonyl (C=O) groups is 1. The maximum absolute atomic E-state index is 11.0. The third-order valence-corrected chi connectivity index (χ3v) is 3.31. The van der Waals surface area contributed by atoms with Crippen molar-refractivity contribution in [2.45, 2.75) is 32.3 Å². The van der Waals surface area contributed by atoms with Gasteiger partial charge >= 0.3 is 5.97 Å². The van der Waals surface area contributed by atoms with Crippen LogP contribution in [-0.4, -0.2) is 23.7 Å². The van der Waals surface area contributed by atoms with Crippen LogP contribution in [0.4, 0.5) is 0 Å². The Morgan fingerprint density at radius 3 is 2.83 bits per heavy atom. The van der Waals surface area contributed by atoms with E-state index in [1.165, 1.54) is 0 Å². The molecule has 5 heteroatoms. The van der Waals surface area contributed by atoms with E-state index in [0.29, 0.717) is 18.7 Å². The van der Waals surface area contributed by atoms with Crippen LogP contribution >= 0.6 is 15.9 Å². The summed E-state index contributed by atoms with van der Waals surface area (Å²) in [7, 11) is 0. The number of aliphatic carboxylic acids is 1. The molecule has 100 valence electrons. The molecule has 0 aromatic heterocycles. The van der Waals surface area contributed by atoms with Crippen LogP contribution in [0.3, 0.4) is 0 Å². The molecule has 0 saturated heterocycles. The van der Waals surface area contributed by atoms with Gasteiger partial charge in [-0.1, -0.05) is 29.3 Å². The average molecular weight is 316 g/mol. The first-order chi connectivity index (χ1) is 8.58. The summed E-state index contributed by atoms with van der Waals surface area (Å²) < 4.78 is 6.46. The van der Waals surface area contributed by atoms with Crippen LogP contribution in [-0.2, 0) is 11.2 Å². The molecule has 0 aliphatic carbocycles. The number of rotatable bonds is 7. The second kappa shape index (κ2) is 7.38. The highest BCUT2D eigenvalue weighted by Gasteiger charge is 2.18. The zero-order valence-electron chi connectivity index (χ0n) is 10.4.